The van der Waals surface area contributed by atoms with Crippen molar-refractivity contribution in [2.75, 3.05) is 30.9 Å². The summed E-state index contributed by atoms with van der Waals surface area (Å²) in [6, 6.07) is 16.0. The smallest absolute Gasteiger partial charge is 0.249 e. The molecule has 1 aliphatic heterocycles. The van der Waals surface area contributed by atoms with Gasteiger partial charge in [0.25, 0.3) is 0 Å². The van der Waals surface area contributed by atoms with E-state index in [2.05, 4.69) is 15.6 Å². The number of halogens is 2. The zero-order chi connectivity index (χ0) is 22.5. The first-order valence-electron chi connectivity index (χ1n) is 10.2. The van der Waals surface area contributed by atoms with Crippen LogP contribution in [0.25, 0.3) is 0 Å². The average Bonchev–Trinajstić information content (AvgIpc) is 2.92. The van der Waals surface area contributed by atoms with E-state index in [1.54, 1.807) is 31.5 Å². The van der Waals surface area contributed by atoms with E-state index in [4.69, 9.17) is 32.9 Å². The lowest BCUT2D eigenvalue weighted by molar-refractivity contribution is -0.117. The van der Waals surface area contributed by atoms with Crippen LogP contribution in [-0.2, 0) is 16.0 Å². The van der Waals surface area contributed by atoms with Crippen molar-refractivity contribution in [1.29, 1.82) is 0 Å². The second kappa shape index (κ2) is 10.1. The number of ether oxygens (including phenoxy) is 1. The van der Waals surface area contributed by atoms with Gasteiger partial charge in [-0.15, -0.1) is 0 Å². The van der Waals surface area contributed by atoms with Crippen molar-refractivity contribution in [1.82, 2.24) is 4.98 Å². The Morgan fingerprint density at radius 1 is 1.12 bits per heavy atom. The van der Waals surface area contributed by atoms with Gasteiger partial charge in [0.05, 0.1) is 18.0 Å². The molecule has 1 aliphatic rings. The second-order valence-electron chi connectivity index (χ2n) is 7.32. The normalized spacial score (nSPS) is 15.4. The molecule has 0 fully saturated rings. The van der Waals surface area contributed by atoms with E-state index in [1.807, 2.05) is 36.4 Å². The van der Waals surface area contributed by atoms with Crippen LogP contribution >= 0.6 is 23.2 Å². The molecule has 1 amide bonds. The van der Waals surface area contributed by atoms with Gasteiger partial charge in [-0.05, 0) is 42.0 Å². The molecule has 2 aromatic carbocycles. The first kappa shape index (κ1) is 22.3. The number of anilines is 2. The molecule has 0 radical (unpaired) electrons. The zero-order valence-corrected chi connectivity index (χ0v) is 19.0. The maximum Gasteiger partial charge on any atom is 0.249 e. The van der Waals surface area contributed by atoms with Gasteiger partial charge in [0.15, 0.2) is 0 Å². The van der Waals surface area contributed by atoms with Crippen LogP contribution in [0, 0.1) is 0 Å². The Kier molecular flexibility index (Phi) is 7.05. The molecular formula is C24H22Cl2N4O2. The Labute approximate surface area is 196 Å². The highest BCUT2D eigenvalue weighted by atomic mass is 35.5. The molecule has 4 rings (SSSR count). The van der Waals surface area contributed by atoms with E-state index < -0.39 is 6.04 Å². The molecule has 0 aliphatic carbocycles. The van der Waals surface area contributed by atoms with Crippen molar-refractivity contribution in [3.05, 3.63) is 87.5 Å². The van der Waals surface area contributed by atoms with Crippen LogP contribution in [-0.4, -0.2) is 42.9 Å². The molecule has 0 saturated carbocycles. The molecule has 6 nitrogen and oxygen atoms in total. The number of rotatable bonds is 7. The molecule has 0 saturated heterocycles. The van der Waals surface area contributed by atoms with Gasteiger partial charge < -0.3 is 15.4 Å². The third-order valence-corrected chi connectivity index (χ3v) is 5.71. The van der Waals surface area contributed by atoms with Crippen LogP contribution in [0.1, 0.15) is 16.7 Å². The first-order chi connectivity index (χ1) is 15.5. The number of benzodiazepines with no additional fused rings is 1. The average molecular weight is 469 g/mol. The van der Waals surface area contributed by atoms with E-state index >= 15 is 0 Å². The van der Waals surface area contributed by atoms with Crippen LogP contribution in [0.5, 0.6) is 0 Å². The number of carbonyl (C=O) groups is 1. The third kappa shape index (κ3) is 5.10. The molecule has 0 unspecified atom stereocenters. The monoisotopic (exact) mass is 468 g/mol. The predicted molar refractivity (Wildman–Crippen MR) is 129 cm³/mol. The summed E-state index contributed by atoms with van der Waals surface area (Å²) < 4.78 is 5.06. The summed E-state index contributed by atoms with van der Waals surface area (Å²) in [7, 11) is 1.65. The minimum absolute atomic E-state index is 0.200. The molecule has 1 aromatic heterocycles. The molecule has 2 N–H and O–H groups in total. The fraction of sp³-hybridized carbons (Fsp3) is 0.208. The number of hydrogen-bond acceptors (Lipinski definition) is 5. The summed E-state index contributed by atoms with van der Waals surface area (Å²) >= 11 is 12.6. The van der Waals surface area contributed by atoms with Gasteiger partial charge in [0.1, 0.15) is 11.9 Å². The summed E-state index contributed by atoms with van der Waals surface area (Å²) in [5, 5.41) is 7.34. The van der Waals surface area contributed by atoms with Crippen molar-refractivity contribution in [2.24, 2.45) is 4.99 Å². The van der Waals surface area contributed by atoms with Crippen molar-refractivity contribution >= 4 is 46.3 Å². The van der Waals surface area contributed by atoms with E-state index in [-0.39, 0.29) is 5.91 Å². The molecule has 1 atom stereocenters. The van der Waals surface area contributed by atoms with Crippen molar-refractivity contribution in [2.45, 2.75) is 12.5 Å². The zero-order valence-electron chi connectivity index (χ0n) is 17.4. The lowest BCUT2D eigenvalue weighted by Gasteiger charge is -2.12. The van der Waals surface area contributed by atoms with Crippen LogP contribution < -0.4 is 10.6 Å². The molecule has 3 aromatic rings. The number of nitrogens with zero attached hydrogens (tertiary/aromatic N) is 2. The van der Waals surface area contributed by atoms with Crippen LogP contribution in [0.3, 0.4) is 0 Å². The number of hydrogen-bond donors (Lipinski definition) is 2. The number of benzene rings is 2. The number of nitrogens with one attached hydrogen (secondary N) is 2. The van der Waals surface area contributed by atoms with Crippen molar-refractivity contribution < 1.29 is 9.53 Å². The summed E-state index contributed by atoms with van der Waals surface area (Å²) in [5.74, 6) is 0.530. The Morgan fingerprint density at radius 3 is 2.72 bits per heavy atom. The number of fused-ring (bicyclic) bond motifs is 1. The van der Waals surface area contributed by atoms with Crippen molar-refractivity contribution in [3.63, 3.8) is 0 Å². The molecule has 0 bridgehead atoms. The highest BCUT2D eigenvalue weighted by Crippen LogP contribution is 2.29. The van der Waals surface area contributed by atoms with Gasteiger partial charge in [-0.2, -0.15) is 0 Å². The Hall–Kier alpha value is -2.93. The number of carbonyl (C=O) groups excluding carboxylic acids is 1. The maximum absolute atomic E-state index is 13.0. The van der Waals surface area contributed by atoms with Crippen LogP contribution in [0.15, 0.2) is 65.8 Å². The molecule has 0 spiro atoms. The Morgan fingerprint density at radius 2 is 1.97 bits per heavy atom. The predicted octanol–water partition coefficient (Wildman–Crippen LogP) is 4.85. The highest BCUT2D eigenvalue weighted by molar-refractivity contribution is 6.32. The quantitative estimate of drug-likeness (QED) is 0.486. The molecular weight excluding hydrogens is 447 g/mol. The number of aliphatic imine (C=N–C) groups is 1. The SMILES string of the molecule is COCCNc1ccc(C2=N[C@@H](Cc3ccccc3Cl)C(=O)Nc3ccc(Cl)cc32)cn1. The van der Waals surface area contributed by atoms with Gasteiger partial charge >= 0.3 is 0 Å². The third-order valence-electron chi connectivity index (χ3n) is 5.10. The highest BCUT2D eigenvalue weighted by Gasteiger charge is 2.27. The summed E-state index contributed by atoms with van der Waals surface area (Å²) in [5.41, 5.74) is 3.69. The summed E-state index contributed by atoms with van der Waals surface area (Å²) in [4.78, 5) is 22.4. The lowest BCUT2D eigenvalue weighted by Crippen LogP contribution is -2.27. The Bertz CT molecular complexity index is 1150. The molecule has 164 valence electrons. The van der Waals surface area contributed by atoms with Crippen molar-refractivity contribution in [3.8, 4) is 0 Å². The first-order valence-corrected chi connectivity index (χ1v) is 10.9. The molecule has 2 heterocycles. The lowest BCUT2D eigenvalue weighted by atomic mass is 10.0. The van der Waals surface area contributed by atoms with Crippen LogP contribution in [0.2, 0.25) is 10.0 Å². The number of aromatic nitrogens is 1. The van der Waals surface area contributed by atoms with Crippen LogP contribution in [0.4, 0.5) is 11.5 Å². The summed E-state index contributed by atoms with van der Waals surface area (Å²) in [6.07, 6.45) is 2.11. The largest absolute Gasteiger partial charge is 0.383 e. The van der Waals surface area contributed by atoms with E-state index in [9.17, 15) is 4.79 Å². The van der Waals surface area contributed by atoms with Gasteiger partial charge in [-0.25, -0.2) is 4.98 Å². The number of pyridine rings is 1. The van der Waals surface area contributed by atoms with E-state index in [1.165, 1.54) is 0 Å². The minimum atomic E-state index is -0.657. The van der Waals surface area contributed by atoms with E-state index in [0.29, 0.717) is 41.0 Å². The fourth-order valence-electron chi connectivity index (χ4n) is 3.48. The van der Waals surface area contributed by atoms with Gasteiger partial charge in [0.2, 0.25) is 5.91 Å². The number of methoxy groups -OCH3 is 1. The summed E-state index contributed by atoms with van der Waals surface area (Å²) in [6.45, 7) is 1.24. The van der Waals surface area contributed by atoms with E-state index in [0.717, 1.165) is 22.5 Å². The second-order valence-corrected chi connectivity index (χ2v) is 8.16. The topological polar surface area (TPSA) is 75.6 Å². The van der Waals surface area contributed by atoms with Gasteiger partial charge in [-0.3, -0.25) is 9.79 Å². The minimum Gasteiger partial charge on any atom is -0.383 e. The maximum atomic E-state index is 13.0. The number of amides is 1. The standard InChI is InChI=1S/C24H22Cl2N4O2/c1-32-11-10-27-22-9-6-16(14-28-22)23-18-13-17(25)7-8-20(18)30-24(31)21(29-23)12-15-4-2-3-5-19(15)26/h2-9,13-14,21H,10-12H2,1H3,(H,27,28)(H,30,31)/t21-/m0/s1. The molecule has 32 heavy (non-hydrogen) atoms. The van der Waals surface area contributed by atoms with Gasteiger partial charge in [0, 0.05) is 47.4 Å². The molecule has 8 heteroatoms. The fourth-order valence-corrected chi connectivity index (χ4v) is 3.87. The van der Waals surface area contributed by atoms with Gasteiger partial charge in [-0.1, -0.05) is 41.4 Å². The Balaban J connectivity index is 1.72.